The summed E-state index contributed by atoms with van der Waals surface area (Å²) in [5.41, 5.74) is 0.500. The van der Waals surface area contributed by atoms with Gasteiger partial charge in [-0.15, -0.1) is 0 Å². The molecule has 0 aliphatic carbocycles. The summed E-state index contributed by atoms with van der Waals surface area (Å²) < 4.78 is 52.3. The molecule has 27 heavy (non-hydrogen) atoms. The van der Waals surface area contributed by atoms with E-state index in [9.17, 15) is 22.4 Å². The average molecular weight is 381 g/mol. The SMILES string of the molecule is O=C(O)C1CCN(C(c2ccc(C(F)(F)F)cc2)c2cccc(F)c2)CC1. The van der Waals surface area contributed by atoms with Crippen LogP contribution in [0.5, 0.6) is 0 Å². The second-order valence-corrected chi connectivity index (χ2v) is 6.73. The molecule has 3 nitrogen and oxygen atoms in total. The fourth-order valence-electron chi connectivity index (χ4n) is 3.55. The molecule has 1 saturated heterocycles. The van der Waals surface area contributed by atoms with Crippen molar-refractivity contribution in [1.82, 2.24) is 4.90 Å². The number of likely N-dealkylation sites (tertiary alicyclic amines) is 1. The summed E-state index contributed by atoms with van der Waals surface area (Å²) in [7, 11) is 0. The van der Waals surface area contributed by atoms with E-state index in [2.05, 4.69) is 0 Å². The van der Waals surface area contributed by atoms with Gasteiger partial charge in [-0.2, -0.15) is 13.2 Å². The molecule has 7 heteroatoms. The van der Waals surface area contributed by atoms with Crippen LogP contribution in [-0.4, -0.2) is 29.1 Å². The van der Waals surface area contributed by atoms with Crippen molar-refractivity contribution in [1.29, 1.82) is 0 Å². The Hall–Kier alpha value is -2.41. The van der Waals surface area contributed by atoms with E-state index in [1.807, 2.05) is 4.90 Å². The van der Waals surface area contributed by atoms with Crippen molar-refractivity contribution in [3.63, 3.8) is 0 Å². The third-order valence-corrected chi connectivity index (χ3v) is 4.96. The highest BCUT2D eigenvalue weighted by Crippen LogP contribution is 2.35. The summed E-state index contributed by atoms with van der Waals surface area (Å²) in [5, 5.41) is 9.17. The molecule has 0 saturated carbocycles. The van der Waals surface area contributed by atoms with Crippen LogP contribution in [0.15, 0.2) is 48.5 Å². The molecule has 1 aliphatic rings. The molecule has 0 radical (unpaired) electrons. The van der Waals surface area contributed by atoms with Gasteiger partial charge < -0.3 is 5.11 Å². The third-order valence-electron chi connectivity index (χ3n) is 4.96. The molecule has 1 fully saturated rings. The number of carboxylic acid groups (broad SMARTS) is 1. The number of halogens is 4. The van der Waals surface area contributed by atoms with E-state index in [-0.39, 0.29) is 0 Å². The highest BCUT2D eigenvalue weighted by atomic mass is 19.4. The second-order valence-electron chi connectivity index (χ2n) is 6.73. The highest BCUT2D eigenvalue weighted by molar-refractivity contribution is 5.70. The van der Waals surface area contributed by atoms with Gasteiger partial charge in [0.2, 0.25) is 0 Å². The predicted molar refractivity (Wildman–Crippen MR) is 91.6 cm³/mol. The molecule has 2 aromatic rings. The maximum Gasteiger partial charge on any atom is 0.416 e. The predicted octanol–water partition coefficient (Wildman–Crippen LogP) is 4.73. The molecule has 1 heterocycles. The van der Waals surface area contributed by atoms with Crippen LogP contribution in [0.3, 0.4) is 0 Å². The lowest BCUT2D eigenvalue weighted by Crippen LogP contribution is -2.39. The zero-order valence-corrected chi connectivity index (χ0v) is 14.4. The number of nitrogens with zero attached hydrogens (tertiary/aromatic N) is 1. The molecule has 0 aromatic heterocycles. The van der Waals surface area contributed by atoms with Crippen LogP contribution in [-0.2, 0) is 11.0 Å². The van der Waals surface area contributed by atoms with Gasteiger partial charge in [0.25, 0.3) is 0 Å². The van der Waals surface area contributed by atoms with Gasteiger partial charge in [0, 0.05) is 0 Å². The second kappa shape index (κ2) is 7.68. The minimum Gasteiger partial charge on any atom is -0.481 e. The molecule has 0 amide bonds. The van der Waals surface area contributed by atoms with Gasteiger partial charge in [0.1, 0.15) is 5.82 Å². The van der Waals surface area contributed by atoms with Crippen LogP contribution in [0, 0.1) is 11.7 Å². The Morgan fingerprint density at radius 3 is 2.19 bits per heavy atom. The summed E-state index contributed by atoms with van der Waals surface area (Å²) in [5.74, 6) is -1.70. The Labute approximate surface area is 154 Å². The Bertz CT molecular complexity index is 796. The van der Waals surface area contributed by atoms with Crippen molar-refractivity contribution in [2.45, 2.75) is 25.1 Å². The lowest BCUT2D eigenvalue weighted by atomic mass is 9.91. The zero-order chi connectivity index (χ0) is 19.6. The normalized spacial score (nSPS) is 17.6. The lowest BCUT2D eigenvalue weighted by Gasteiger charge is -2.37. The number of aliphatic carboxylic acids is 1. The van der Waals surface area contributed by atoms with Crippen molar-refractivity contribution < 1.29 is 27.5 Å². The van der Waals surface area contributed by atoms with Gasteiger partial charge in [-0.05, 0) is 61.3 Å². The van der Waals surface area contributed by atoms with E-state index >= 15 is 0 Å². The first-order valence-corrected chi connectivity index (χ1v) is 8.65. The average Bonchev–Trinajstić information content (AvgIpc) is 2.62. The summed E-state index contributed by atoms with van der Waals surface area (Å²) in [6.07, 6.45) is -3.53. The molecule has 1 unspecified atom stereocenters. The first kappa shape index (κ1) is 19.4. The Morgan fingerprint density at radius 1 is 1.04 bits per heavy atom. The minimum atomic E-state index is -4.42. The van der Waals surface area contributed by atoms with Crippen LogP contribution < -0.4 is 0 Å². The number of hydrogen-bond donors (Lipinski definition) is 1. The summed E-state index contributed by atoms with van der Waals surface area (Å²) in [4.78, 5) is 13.2. The monoisotopic (exact) mass is 381 g/mol. The Balaban J connectivity index is 1.92. The smallest absolute Gasteiger partial charge is 0.416 e. The van der Waals surface area contributed by atoms with E-state index in [0.717, 1.165) is 12.1 Å². The molecule has 1 N–H and O–H groups in total. The van der Waals surface area contributed by atoms with E-state index in [4.69, 9.17) is 5.11 Å². The van der Waals surface area contributed by atoms with Crippen molar-refractivity contribution in [3.05, 3.63) is 71.0 Å². The number of rotatable bonds is 4. The van der Waals surface area contributed by atoms with E-state index in [1.165, 1.54) is 24.3 Å². The molecule has 1 atom stereocenters. The van der Waals surface area contributed by atoms with E-state index in [0.29, 0.717) is 37.1 Å². The number of alkyl halides is 3. The number of piperidine rings is 1. The van der Waals surface area contributed by atoms with E-state index < -0.39 is 35.5 Å². The molecule has 0 spiro atoms. The highest BCUT2D eigenvalue weighted by Gasteiger charge is 2.32. The first-order chi connectivity index (χ1) is 12.8. The van der Waals surface area contributed by atoms with Crippen molar-refractivity contribution >= 4 is 5.97 Å². The van der Waals surface area contributed by atoms with Crippen LogP contribution in [0.25, 0.3) is 0 Å². The number of carboxylic acids is 1. The number of hydrogen-bond acceptors (Lipinski definition) is 2. The minimum absolute atomic E-state index is 0.426. The van der Waals surface area contributed by atoms with Gasteiger partial charge in [-0.1, -0.05) is 24.3 Å². The third kappa shape index (κ3) is 4.47. The van der Waals surface area contributed by atoms with Gasteiger partial charge in [0.15, 0.2) is 0 Å². The molecule has 1 aliphatic heterocycles. The summed E-state index contributed by atoms with van der Waals surface area (Å²) >= 11 is 0. The van der Waals surface area contributed by atoms with Crippen LogP contribution >= 0.6 is 0 Å². The topological polar surface area (TPSA) is 40.5 Å². The van der Waals surface area contributed by atoms with Gasteiger partial charge in [-0.3, -0.25) is 9.69 Å². The van der Waals surface area contributed by atoms with Gasteiger partial charge in [-0.25, -0.2) is 4.39 Å². The zero-order valence-electron chi connectivity index (χ0n) is 14.4. The fourth-order valence-corrected chi connectivity index (χ4v) is 3.55. The number of benzene rings is 2. The quantitative estimate of drug-likeness (QED) is 0.779. The number of carbonyl (C=O) groups is 1. The maximum atomic E-state index is 13.8. The molecule has 2 aromatic carbocycles. The van der Waals surface area contributed by atoms with Crippen LogP contribution in [0.1, 0.15) is 35.6 Å². The molecular formula is C20H19F4NO2. The van der Waals surface area contributed by atoms with Gasteiger partial charge >= 0.3 is 12.1 Å². The Morgan fingerprint density at radius 2 is 1.67 bits per heavy atom. The van der Waals surface area contributed by atoms with Crippen molar-refractivity contribution in [3.8, 4) is 0 Å². The van der Waals surface area contributed by atoms with Crippen molar-refractivity contribution in [2.75, 3.05) is 13.1 Å². The maximum absolute atomic E-state index is 13.8. The Kier molecular flexibility index (Phi) is 5.51. The fraction of sp³-hybridized carbons (Fsp3) is 0.350. The van der Waals surface area contributed by atoms with Crippen LogP contribution in [0.2, 0.25) is 0 Å². The van der Waals surface area contributed by atoms with E-state index in [1.54, 1.807) is 12.1 Å². The molecule has 3 rings (SSSR count). The summed E-state index contributed by atoms with van der Waals surface area (Å²) in [6, 6.07) is 10.4. The molecule has 0 bridgehead atoms. The molecule has 144 valence electrons. The molecular weight excluding hydrogens is 362 g/mol. The lowest BCUT2D eigenvalue weighted by molar-refractivity contribution is -0.143. The van der Waals surface area contributed by atoms with Gasteiger partial charge in [0.05, 0.1) is 17.5 Å². The largest absolute Gasteiger partial charge is 0.481 e. The standard InChI is InChI=1S/C20H19F4NO2/c21-17-3-1-2-15(12-17)18(25-10-8-14(9-11-25)19(26)27)13-4-6-16(7-5-13)20(22,23)24/h1-7,12,14,18H,8-11H2,(H,26,27). The summed E-state index contributed by atoms with van der Waals surface area (Å²) in [6.45, 7) is 0.943. The van der Waals surface area contributed by atoms with Crippen LogP contribution in [0.4, 0.5) is 17.6 Å². The van der Waals surface area contributed by atoms with Crippen molar-refractivity contribution in [2.24, 2.45) is 5.92 Å². The first-order valence-electron chi connectivity index (χ1n) is 8.65.